The number of halogens is 2. The van der Waals surface area contributed by atoms with Crippen molar-refractivity contribution in [3.05, 3.63) is 69.8 Å². The molecule has 0 aliphatic heterocycles. The Labute approximate surface area is 252 Å². The van der Waals surface area contributed by atoms with Gasteiger partial charge in [-0.3, -0.25) is 0 Å². The summed E-state index contributed by atoms with van der Waals surface area (Å²) in [7, 11) is -8.80. The lowest BCUT2D eigenvalue weighted by molar-refractivity contribution is 0.385. The van der Waals surface area contributed by atoms with Gasteiger partial charge in [0.2, 0.25) is 0 Å². The normalized spacial score (nSPS) is 14.8. The van der Waals surface area contributed by atoms with Crippen molar-refractivity contribution in [2.75, 3.05) is 12.3 Å². The average Bonchev–Trinajstić information content (AvgIpc) is 2.83. The molecule has 2 rings (SSSR count). The summed E-state index contributed by atoms with van der Waals surface area (Å²) in [5.74, 6) is 0. The number of aryl methyl sites for hydroxylation is 2. The molecule has 0 saturated carbocycles. The summed E-state index contributed by atoms with van der Waals surface area (Å²) in [5, 5.41) is -0.161. The second kappa shape index (κ2) is 14.9. The third-order valence-corrected chi connectivity index (χ3v) is 10.9. The molecule has 0 aliphatic carbocycles. The Balaban J connectivity index is 2.74. The molecule has 41 heavy (non-hydrogen) atoms. The lowest BCUT2D eigenvalue weighted by Gasteiger charge is -2.34. The molecular formula is C32H52F2O4P2S+2. The Hall–Kier alpha value is -0.650. The summed E-state index contributed by atoms with van der Waals surface area (Å²) < 4.78 is 27.8. The molecule has 0 saturated heterocycles. The first-order valence-electron chi connectivity index (χ1n) is 14.7. The van der Waals surface area contributed by atoms with E-state index in [0.29, 0.717) is 25.7 Å². The van der Waals surface area contributed by atoms with E-state index in [2.05, 4.69) is 91.8 Å². The van der Waals surface area contributed by atoms with Crippen LogP contribution in [0.3, 0.4) is 0 Å². The van der Waals surface area contributed by atoms with Crippen molar-refractivity contribution in [2.45, 2.75) is 115 Å². The van der Waals surface area contributed by atoms with Gasteiger partial charge in [-0.05, 0) is 82.7 Å². The van der Waals surface area contributed by atoms with E-state index in [1.165, 1.54) is 33.4 Å². The van der Waals surface area contributed by atoms with Crippen LogP contribution >= 0.6 is 27.8 Å². The molecule has 0 aliphatic rings. The zero-order chi connectivity index (χ0) is 31.2. The molecule has 0 radical (unpaired) electrons. The lowest BCUT2D eigenvalue weighted by atomic mass is 9.80. The number of hydrogen-bond donors (Lipinski definition) is 4. The van der Waals surface area contributed by atoms with Crippen LogP contribution in [0.15, 0.2) is 36.4 Å². The molecule has 0 fully saturated rings. The summed E-state index contributed by atoms with van der Waals surface area (Å²) in [6.07, 6.45) is 2.81. The summed E-state index contributed by atoms with van der Waals surface area (Å²) in [4.78, 5) is 38.2. The second-order valence-electron chi connectivity index (χ2n) is 13.1. The topological polar surface area (TPSA) is 80.9 Å². The fraction of sp³-hybridized carbons (Fsp3) is 0.625. The van der Waals surface area contributed by atoms with Crippen molar-refractivity contribution in [1.29, 1.82) is 0 Å². The van der Waals surface area contributed by atoms with Gasteiger partial charge in [-0.25, -0.2) is 0 Å². The minimum absolute atomic E-state index is 0.0807. The maximum atomic E-state index is 13.9. The van der Waals surface area contributed by atoms with Gasteiger partial charge in [-0.2, -0.15) is 19.6 Å². The molecule has 0 spiro atoms. The molecule has 0 bridgehead atoms. The Morgan fingerprint density at radius 3 is 1.27 bits per heavy atom. The Kier molecular flexibility index (Phi) is 13.3. The van der Waals surface area contributed by atoms with E-state index < -0.39 is 16.1 Å². The van der Waals surface area contributed by atoms with Gasteiger partial charge in [0.15, 0.2) is 0 Å². The quantitative estimate of drug-likeness (QED) is 0.156. The molecule has 2 unspecified atom stereocenters. The van der Waals surface area contributed by atoms with Crippen molar-refractivity contribution in [3.63, 3.8) is 0 Å². The Morgan fingerprint density at radius 1 is 0.659 bits per heavy atom. The molecule has 4 nitrogen and oxygen atoms in total. The summed E-state index contributed by atoms with van der Waals surface area (Å²) in [6.45, 7) is 17.3. The van der Waals surface area contributed by atoms with E-state index in [4.69, 9.17) is 0 Å². The monoisotopic (exact) mass is 632 g/mol. The average molecular weight is 633 g/mol. The smallest absolute Gasteiger partial charge is 0.189 e. The van der Waals surface area contributed by atoms with E-state index in [0.717, 1.165) is 12.8 Å². The van der Waals surface area contributed by atoms with E-state index in [9.17, 15) is 28.0 Å². The van der Waals surface area contributed by atoms with E-state index in [1.54, 1.807) is 11.8 Å². The predicted molar refractivity (Wildman–Crippen MR) is 175 cm³/mol. The van der Waals surface area contributed by atoms with Gasteiger partial charge in [0.1, 0.15) is 12.3 Å². The highest BCUT2D eigenvalue weighted by molar-refractivity contribution is 7.99. The Bertz CT molecular complexity index is 1030. The zero-order valence-electron chi connectivity index (χ0n) is 26.1. The Morgan fingerprint density at radius 2 is 1.00 bits per heavy atom. The highest BCUT2D eigenvalue weighted by atomic mass is 32.2. The zero-order valence-corrected chi connectivity index (χ0v) is 28.7. The van der Waals surface area contributed by atoms with Crippen LogP contribution in [0, 0.1) is 0 Å². The summed E-state index contributed by atoms with van der Waals surface area (Å²) >= 11 is 1.77. The molecule has 4 N–H and O–H groups in total. The van der Waals surface area contributed by atoms with E-state index >= 15 is 0 Å². The first-order chi connectivity index (χ1) is 18.8. The van der Waals surface area contributed by atoms with Gasteiger partial charge >= 0.3 is 16.1 Å². The second-order valence-corrected chi connectivity index (χ2v) is 18.0. The number of benzene rings is 2. The standard InChI is InChI=1S/C32H52F2O4P2S/c1-9-23-15-11-17-25(31(3,4)5)29(23)27(19-13-21-39(33,35)36)41-28(20-14-22-40(34,37)38)30-24(10-2)16-12-18-26(30)32(6,7)8/h11-12,15-18,27-28,35-38H,9-10,13-14,19-22H2,1-8H3/q+2. The van der Waals surface area contributed by atoms with Crippen molar-refractivity contribution < 1.29 is 28.0 Å². The third-order valence-electron chi connectivity index (χ3n) is 7.56. The van der Waals surface area contributed by atoms with Crippen LogP contribution in [0.4, 0.5) is 8.39 Å². The molecule has 2 aromatic carbocycles. The molecule has 0 heterocycles. The van der Waals surface area contributed by atoms with Crippen LogP contribution in [-0.2, 0) is 23.7 Å². The molecule has 9 heteroatoms. The van der Waals surface area contributed by atoms with Crippen LogP contribution in [0.25, 0.3) is 0 Å². The lowest BCUT2D eigenvalue weighted by Crippen LogP contribution is -2.20. The SMILES string of the molecule is CCc1cccc(C(C)(C)C)c1C(CCC[P+](O)(O)F)SC(CCC[P+](O)(O)F)c1c(CC)cccc1C(C)(C)C. The number of thioether (sulfide) groups is 1. The van der Waals surface area contributed by atoms with E-state index in [1.807, 2.05) is 0 Å². The predicted octanol–water partition coefficient (Wildman–Crippen LogP) is 9.92. The van der Waals surface area contributed by atoms with Crippen LogP contribution < -0.4 is 0 Å². The van der Waals surface area contributed by atoms with Gasteiger partial charge in [-0.1, -0.05) is 91.8 Å². The number of rotatable bonds is 14. The maximum Gasteiger partial charge on any atom is 0.462 e. The molecule has 2 atom stereocenters. The fourth-order valence-electron chi connectivity index (χ4n) is 5.63. The summed E-state index contributed by atoms with van der Waals surface area (Å²) in [5.41, 5.74) is 6.96. The highest BCUT2D eigenvalue weighted by Gasteiger charge is 2.37. The van der Waals surface area contributed by atoms with Crippen LogP contribution in [0.5, 0.6) is 0 Å². The molecule has 0 aromatic heterocycles. The van der Waals surface area contributed by atoms with Gasteiger partial charge in [-0.15, -0.1) is 11.8 Å². The highest BCUT2D eigenvalue weighted by Crippen LogP contribution is 2.56. The first kappa shape index (κ1) is 36.5. The van der Waals surface area contributed by atoms with Gasteiger partial charge in [0.25, 0.3) is 0 Å². The minimum atomic E-state index is -4.40. The molecule has 2 aromatic rings. The molecule has 0 amide bonds. The first-order valence-corrected chi connectivity index (χ1v) is 19.2. The molecule has 232 valence electrons. The van der Waals surface area contributed by atoms with Crippen LogP contribution in [0.2, 0.25) is 0 Å². The van der Waals surface area contributed by atoms with Crippen LogP contribution in [0.1, 0.15) is 125 Å². The van der Waals surface area contributed by atoms with Crippen molar-refractivity contribution in [1.82, 2.24) is 0 Å². The van der Waals surface area contributed by atoms with Crippen molar-refractivity contribution >= 4 is 27.8 Å². The van der Waals surface area contributed by atoms with Gasteiger partial charge in [0.05, 0.1) is 0 Å². The van der Waals surface area contributed by atoms with Gasteiger partial charge < -0.3 is 0 Å². The third kappa shape index (κ3) is 11.4. The van der Waals surface area contributed by atoms with E-state index in [-0.39, 0.29) is 33.7 Å². The minimum Gasteiger partial charge on any atom is -0.189 e. The summed E-state index contributed by atoms with van der Waals surface area (Å²) in [6, 6.07) is 12.7. The van der Waals surface area contributed by atoms with Gasteiger partial charge in [0, 0.05) is 18.9 Å². The van der Waals surface area contributed by atoms with Crippen molar-refractivity contribution in [3.8, 4) is 0 Å². The van der Waals surface area contributed by atoms with Crippen molar-refractivity contribution in [2.24, 2.45) is 0 Å². The van der Waals surface area contributed by atoms with Crippen LogP contribution in [-0.4, -0.2) is 31.9 Å². The largest absolute Gasteiger partial charge is 0.462 e. The fourth-order valence-corrected chi connectivity index (χ4v) is 8.63. The molecular weight excluding hydrogens is 580 g/mol. The maximum absolute atomic E-state index is 13.9. The number of hydrogen-bond acceptors (Lipinski definition) is 5.